The first kappa shape index (κ1) is 13.5. The first-order chi connectivity index (χ1) is 10.1. The molecule has 1 unspecified atom stereocenters. The molecule has 0 aliphatic carbocycles. The standard InChI is InChI=1S/C16H16N2O3/c19-15-9-12(16(20)21)10-18(15)8-6-11-3-1-5-14-13(11)4-2-7-17-14/h1-5,7,12H,6,8-10H2,(H,20,21). The van der Waals surface area contributed by atoms with Gasteiger partial charge in [0.15, 0.2) is 0 Å². The van der Waals surface area contributed by atoms with E-state index in [0.717, 1.165) is 16.5 Å². The maximum absolute atomic E-state index is 11.8. The Hall–Kier alpha value is -2.43. The lowest BCUT2D eigenvalue weighted by atomic mass is 10.1. The lowest BCUT2D eigenvalue weighted by molar-refractivity contribution is -0.141. The maximum Gasteiger partial charge on any atom is 0.308 e. The quantitative estimate of drug-likeness (QED) is 0.928. The molecule has 0 bridgehead atoms. The SMILES string of the molecule is O=C(O)C1CC(=O)N(CCc2cccc3ncccc23)C1. The van der Waals surface area contributed by atoms with E-state index in [4.69, 9.17) is 5.11 Å². The third kappa shape index (κ3) is 2.72. The number of aliphatic carboxylic acids is 1. The van der Waals surface area contributed by atoms with Gasteiger partial charge in [0.25, 0.3) is 0 Å². The molecule has 1 aromatic carbocycles. The van der Waals surface area contributed by atoms with E-state index in [2.05, 4.69) is 4.98 Å². The summed E-state index contributed by atoms with van der Waals surface area (Å²) in [5.41, 5.74) is 2.07. The van der Waals surface area contributed by atoms with E-state index in [0.29, 0.717) is 19.5 Å². The van der Waals surface area contributed by atoms with Crippen LogP contribution < -0.4 is 0 Å². The Morgan fingerprint density at radius 3 is 2.95 bits per heavy atom. The molecule has 1 aromatic heterocycles. The number of carboxylic acid groups (broad SMARTS) is 1. The van der Waals surface area contributed by atoms with Gasteiger partial charge < -0.3 is 10.0 Å². The van der Waals surface area contributed by atoms with Gasteiger partial charge in [-0.15, -0.1) is 0 Å². The smallest absolute Gasteiger partial charge is 0.308 e. The largest absolute Gasteiger partial charge is 0.481 e. The van der Waals surface area contributed by atoms with Gasteiger partial charge in [-0.3, -0.25) is 14.6 Å². The van der Waals surface area contributed by atoms with Crippen molar-refractivity contribution in [1.82, 2.24) is 9.88 Å². The predicted molar refractivity (Wildman–Crippen MR) is 77.8 cm³/mol. The summed E-state index contributed by atoms with van der Waals surface area (Å²) in [6.45, 7) is 0.869. The van der Waals surface area contributed by atoms with Crippen LogP contribution in [0.3, 0.4) is 0 Å². The number of benzene rings is 1. The van der Waals surface area contributed by atoms with E-state index < -0.39 is 11.9 Å². The highest BCUT2D eigenvalue weighted by Gasteiger charge is 2.33. The highest BCUT2D eigenvalue weighted by molar-refractivity contribution is 5.86. The normalized spacial score (nSPS) is 18.4. The molecule has 2 heterocycles. The van der Waals surface area contributed by atoms with Crippen molar-refractivity contribution in [3.05, 3.63) is 42.1 Å². The Kier molecular flexibility index (Phi) is 3.56. The summed E-state index contributed by atoms with van der Waals surface area (Å²) in [6.07, 6.45) is 2.58. The highest BCUT2D eigenvalue weighted by atomic mass is 16.4. The van der Waals surface area contributed by atoms with Crippen molar-refractivity contribution in [1.29, 1.82) is 0 Å². The first-order valence-corrected chi connectivity index (χ1v) is 6.98. The molecule has 2 aromatic rings. The van der Waals surface area contributed by atoms with Crippen LogP contribution >= 0.6 is 0 Å². The molecule has 0 spiro atoms. The summed E-state index contributed by atoms with van der Waals surface area (Å²) < 4.78 is 0. The van der Waals surface area contributed by atoms with Gasteiger partial charge in [-0.1, -0.05) is 18.2 Å². The van der Waals surface area contributed by atoms with Crippen LogP contribution in [0.2, 0.25) is 0 Å². The molecule has 3 rings (SSSR count). The van der Waals surface area contributed by atoms with Gasteiger partial charge in [0.1, 0.15) is 0 Å². The minimum absolute atomic E-state index is 0.0687. The topological polar surface area (TPSA) is 70.5 Å². The third-order valence-electron chi connectivity index (χ3n) is 3.95. The molecule has 0 radical (unpaired) electrons. The van der Waals surface area contributed by atoms with Crippen molar-refractivity contribution >= 4 is 22.8 Å². The van der Waals surface area contributed by atoms with Crippen LogP contribution in [-0.2, 0) is 16.0 Å². The van der Waals surface area contributed by atoms with Crippen LogP contribution in [0, 0.1) is 5.92 Å². The lowest BCUT2D eigenvalue weighted by Gasteiger charge is -2.16. The van der Waals surface area contributed by atoms with Crippen molar-refractivity contribution in [2.45, 2.75) is 12.8 Å². The second kappa shape index (κ2) is 5.52. The van der Waals surface area contributed by atoms with E-state index >= 15 is 0 Å². The van der Waals surface area contributed by atoms with E-state index in [1.54, 1.807) is 11.1 Å². The van der Waals surface area contributed by atoms with Crippen LogP contribution in [-0.4, -0.2) is 40.0 Å². The van der Waals surface area contributed by atoms with Crippen molar-refractivity contribution in [2.24, 2.45) is 5.92 Å². The fraction of sp³-hybridized carbons (Fsp3) is 0.312. The second-order valence-electron chi connectivity index (χ2n) is 5.32. The fourth-order valence-electron chi connectivity index (χ4n) is 2.79. The molecule has 1 atom stereocenters. The minimum atomic E-state index is -0.889. The van der Waals surface area contributed by atoms with E-state index in [1.165, 1.54) is 0 Å². The third-order valence-corrected chi connectivity index (χ3v) is 3.95. The number of hydrogen-bond acceptors (Lipinski definition) is 3. The van der Waals surface area contributed by atoms with Gasteiger partial charge in [0.05, 0.1) is 11.4 Å². The van der Waals surface area contributed by atoms with Crippen LogP contribution in [0.1, 0.15) is 12.0 Å². The Labute approximate surface area is 122 Å². The molecule has 1 N–H and O–H groups in total. The van der Waals surface area contributed by atoms with Crippen molar-refractivity contribution < 1.29 is 14.7 Å². The summed E-state index contributed by atoms with van der Waals surface area (Å²) in [5, 5.41) is 10.1. The van der Waals surface area contributed by atoms with Crippen LogP contribution in [0.25, 0.3) is 10.9 Å². The number of carbonyl (C=O) groups excluding carboxylic acids is 1. The number of aromatic nitrogens is 1. The molecule has 1 saturated heterocycles. The predicted octanol–water partition coefficient (Wildman–Crippen LogP) is 1.71. The van der Waals surface area contributed by atoms with Crippen LogP contribution in [0.4, 0.5) is 0 Å². The Balaban J connectivity index is 1.73. The Bertz CT molecular complexity index is 693. The van der Waals surface area contributed by atoms with Crippen molar-refractivity contribution in [3.8, 4) is 0 Å². The van der Waals surface area contributed by atoms with Crippen molar-refractivity contribution in [2.75, 3.05) is 13.1 Å². The first-order valence-electron chi connectivity index (χ1n) is 6.98. The Morgan fingerprint density at radius 2 is 2.19 bits per heavy atom. The minimum Gasteiger partial charge on any atom is -0.481 e. The zero-order chi connectivity index (χ0) is 14.8. The average molecular weight is 284 g/mol. The molecule has 1 amide bonds. The number of fused-ring (bicyclic) bond motifs is 1. The fourth-order valence-corrected chi connectivity index (χ4v) is 2.79. The van der Waals surface area contributed by atoms with Crippen LogP contribution in [0.15, 0.2) is 36.5 Å². The van der Waals surface area contributed by atoms with E-state index in [-0.39, 0.29) is 12.3 Å². The number of rotatable bonds is 4. The molecular weight excluding hydrogens is 268 g/mol. The van der Waals surface area contributed by atoms with Gasteiger partial charge in [-0.25, -0.2) is 0 Å². The monoisotopic (exact) mass is 284 g/mol. The van der Waals surface area contributed by atoms with Gasteiger partial charge in [-0.2, -0.15) is 0 Å². The van der Waals surface area contributed by atoms with Gasteiger partial charge in [-0.05, 0) is 24.1 Å². The van der Waals surface area contributed by atoms with E-state index in [9.17, 15) is 9.59 Å². The van der Waals surface area contributed by atoms with E-state index in [1.807, 2.05) is 30.3 Å². The average Bonchev–Trinajstić information content (AvgIpc) is 2.86. The summed E-state index contributed by atoms with van der Waals surface area (Å²) in [6, 6.07) is 9.85. The zero-order valence-corrected chi connectivity index (χ0v) is 11.5. The molecular formula is C16H16N2O3. The summed E-state index contributed by atoms with van der Waals surface area (Å²) in [7, 11) is 0. The summed E-state index contributed by atoms with van der Waals surface area (Å²) >= 11 is 0. The number of pyridine rings is 1. The molecule has 108 valence electrons. The van der Waals surface area contributed by atoms with Crippen LogP contribution in [0.5, 0.6) is 0 Å². The second-order valence-corrected chi connectivity index (χ2v) is 5.32. The molecule has 1 fully saturated rings. The molecule has 1 aliphatic rings. The maximum atomic E-state index is 11.8. The molecule has 1 aliphatic heterocycles. The summed E-state index contributed by atoms with van der Waals surface area (Å²) in [5.74, 6) is -1.52. The number of hydrogen-bond donors (Lipinski definition) is 1. The highest BCUT2D eigenvalue weighted by Crippen LogP contribution is 2.21. The molecule has 5 heteroatoms. The lowest BCUT2D eigenvalue weighted by Crippen LogP contribution is -2.28. The molecule has 5 nitrogen and oxygen atoms in total. The number of carbonyl (C=O) groups is 2. The van der Waals surface area contributed by atoms with Gasteiger partial charge in [0, 0.05) is 31.1 Å². The summed E-state index contributed by atoms with van der Waals surface area (Å²) in [4.78, 5) is 28.7. The molecule has 0 saturated carbocycles. The number of amides is 1. The molecule has 21 heavy (non-hydrogen) atoms. The Morgan fingerprint density at radius 1 is 1.33 bits per heavy atom. The van der Waals surface area contributed by atoms with Crippen molar-refractivity contribution in [3.63, 3.8) is 0 Å². The number of nitrogens with zero attached hydrogens (tertiary/aromatic N) is 2. The number of carboxylic acids is 1. The number of likely N-dealkylation sites (tertiary alicyclic amines) is 1. The van der Waals surface area contributed by atoms with Gasteiger partial charge in [0.2, 0.25) is 5.91 Å². The zero-order valence-electron chi connectivity index (χ0n) is 11.5. The van der Waals surface area contributed by atoms with Gasteiger partial charge >= 0.3 is 5.97 Å².